The first-order chi connectivity index (χ1) is 10.2. The summed E-state index contributed by atoms with van der Waals surface area (Å²) in [7, 11) is 0. The fourth-order valence-electron chi connectivity index (χ4n) is 1.78. The van der Waals surface area contributed by atoms with Crippen molar-refractivity contribution in [1.82, 2.24) is 15.3 Å². The van der Waals surface area contributed by atoms with Gasteiger partial charge in [0, 0.05) is 36.3 Å². The van der Waals surface area contributed by atoms with E-state index in [1.54, 1.807) is 24.4 Å². The molecular weight excluding hydrogens is 268 g/mol. The standard InChI is InChI=1S/C14H16N6O/c1-2-17-14(21)20-13-4-3-11-12(19-13)5-9(8-18-11)10(6-15)7-16/h3-8,15H,2,16H2,1H3,(H2,17,19,20,21)/b10-7+,15-6?. The van der Waals surface area contributed by atoms with E-state index in [2.05, 4.69) is 20.6 Å². The fourth-order valence-corrected chi connectivity index (χ4v) is 1.78. The van der Waals surface area contributed by atoms with Crippen LogP contribution in [-0.2, 0) is 0 Å². The zero-order chi connectivity index (χ0) is 15.2. The number of carbonyl (C=O) groups excluding carboxylic acids is 1. The summed E-state index contributed by atoms with van der Waals surface area (Å²) in [5.74, 6) is 0.431. The molecule has 21 heavy (non-hydrogen) atoms. The molecule has 0 aliphatic rings. The Morgan fingerprint density at radius 3 is 2.90 bits per heavy atom. The van der Waals surface area contributed by atoms with Gasteiger partial charge in [0.15, 0.2) is 0 Å². The van der Waals surface area contributed by atoms with Crippen molar-refractivity contribution >= 4 is 34.7 Å². The van der Waals surface area contributed by atoms with E-state index in [9.17, 15) is 4.79 Å². The van der Waals surface area contributed by atoms with Crippen LogP contribution in [-0.4, -0.2) is 28.8 Å². The number of anilines is 1. The molecule has 0 aromatic carbocycles. The normalized spacial score (nSPS) is 11.2. The first-order valence-electron chi connectivity index (χ1n) is 6.42. The third-order valence-corrected chi connectivity index (χ3v) is 2.78. The number of nitrogens with one attached hydrogen (secondary N) is 3. The molecule has 108 valence electrons. The molecule has 2 heterocycles. The quantitative estimate of drug-likeness (QED) is 0.639. The van der Waals surface area contributed by atoms with Crippen molar-refractivity contribution in [3.63, 3.8) is 0 Å². The number of nitrogens with two attached hydrogens (primary N) is 1. The van der Waals surface area contributed by atoms with Crippen LogP contribution in [0.5, 0.6) is 0 Å². The molecule has 0 bridgehead atoms. The number of urea groups is 1. The Labute approximate surface area is 121 Å². The van der Waals surface area contributed by atoms with Gasteiger partial charge in [0.2, 0.25) is 0 Å². The van der Waals surface area contributed by atoms with Gasteiger partial charge in [-0.05, 0) is 25.1 Å². The van der Waals surface area contributed by atoms with Crippen LogP contribution in [0, 0.1) is 5.41 Å². The lowest BCUT2D eigenvalue weighted by Crippen LogP contribution is -2.28. The van der Waals surface area contributed by atoms with Gasteiger partial charge >= 0.3 is 6.03 Å². The first kappa shape index (κ1) is 14.4. The maximum Gasteiger partial charge on any atom is 0.320 e. The van der Waals surface area contributed by atoms with Gasteiger partial charge in [-0.2, -0.15) is 0 Å². The highest BCUT2D eigenvalue weighted by atomic mass is 16.2. The van der Waals surface area contributed by atoms with E-state index in [1.165, 1.54) is 6.20 Å². The largest absolute Gasteiger partial charge is 0.404 e. The van der Waals surface area contributed by atoms with E-state index in [1.807, 2.05) is 6.92 Å². The molecule has 0 saturated heterocycles. The maximum absolute atomic E-state index is 11.5. The summed E-state index contributed by atoms with van der Waals surface area (Å²) in [6.07, 6.45) is 4.12. The maximum atomic E-state index is 11.5. The fraction of sp³-hybridized carbons (Fsp3) is 0.143. The van der Waals surface area contributed by atoms with Gasteiger partial charge in [-0.25, -0.2) is 9.78 Å². The Kier molecular flexibility index (Phi) is 4.45. The lowest BCUT2D eigenvalue weighted by molar-refractivity contribution is 0.252. The molecule has 0 spiro atoms. The van der Waals surface area contributed by atoms with E-state index in [0.717, 1.165) is 6.21 Å². The number of fused-ring (bicyclic) bond motifs is 1. The van der Waals surface area contributed by atoms with Crippen molar-refractivity contribution in [2.75, 3.05) is 11.9 Å². The Morgan fingerprint density at radius 2 is 2.24 bits per heavy atom. The van der Waals surface area contributed by atoms with E-state index < -0.39 is 0 Å². The summed E-state index contributed by atoms with van der Waals surface area (Å²) < 4.78 is 0. The van der Waals surface area contributed by atoms with E-state index in [-0.39, 0.29) is 6.03 Å². The Hall–Kier alpha value is -2.96. The summed E-state index contributed by atoms with van der Waals surface area (Å²) in [6, 6.07) is 4.91. The van der Waals surface area contributed by atoms with Crippen LogP contribution >= 0.6 is 0 Å². The van der Waals surface area contributed by atoms with Crippen LogP contribution in [0.1, 0.15) is 12.5 Å². The molecule has 2 rings (SSSR count). The SMILES string of the molecule is CCNC(=O)Nc1ccc2ncc(/C(C=N)=C/N)cc2n1. The Morgan fingerprint density at radius 1 is 1.43 bits per heavy atom. The van der Waals surface area contributed by atoms with Crippen LogP contribution < -0.4 is 16.4 Å². The van der Waals surface area contributed by atoms with Gasteiger partial charge in [-0.3, -0.25) is 10.3 Å². The number of hydrogen-bond acceptors (Lipinski definition) is 5. The molecule has 0 radical (unpaired) electrons. The van der Waals surface area contributed by atoms with Crippen molar-refractivity contribution in [1.29, 1.82) is 5.41 Å². The second-order valence-electron chi connectivity index (χ2n) is 4.21. The molecular formula is C14H16N6O. The molecule has 0 aliphatic heterocycles. The summed E-state index contributed by atoms with van der Waals surface area (Å²) in [5, 5.41) is 12.6. The van der Waals surface area contributed by atoms with Crippen molar-refractivity contribution in [3.05, 3.63) is 36.2 Å². The highest BCUT2D eigenvalue weighted by Gasteiger charge is 2.05. The van der Waals surface area contributed by atoms with Gasteiger partial charge in [0.25, 0.3) is 0 Å². The predicted octanol–water partition coefficient (Wildman–Crippen LogP) is 1.72. The highest BCUT2D eigenvalue weighted by Crippen LogP contribution is 2.18. The summed E-state index contributed by atoms with van der Waals surface area (Å²) in [5.41, 5.74) is 8.02. The van der Waals surface area contributed by atoms with Gasteiger partial charge in [-0.15, -0.1) is 0 Å². The molecule has 5 N–H and O–H groups in total. The lowest BCUT2D eigenvalue weighted by atomic mass is 10.1. The number of hydrogen-bond donors (Lipinski definition) is 4. The third kappa shape index (κ3) is 3.33. The summed E-state index contributed by atoms with van der Waals surface area (Å²) in [6.45, 7) is 2.37. The molecule has 0 saturated carbocycles. The van der Waals surface area contributed by atoms with E-state index >= 15 is 0 Å². The molecule has 0 aliphatic carbocycles. The van der Waals surface area contributed by atoms with Gasteiger partial charge < -0.3 is 16.5 Å². The first-order valence-corrected chi connectivity index (χ1v) is 6.42. The van der Waals surface area contributed by atoms with Gasteiger partial charge in [0.1, 0.15) is 5.82 Å². The topological polar surface area (TPSA) is 117 Å². The minimum Gasteiger partial charge on any atom is -0.404 e. The van der Waals surface area contributed by atoms with Crippen LogP contribution in [0.3, 0.4) is 0 Å². The average Bonchev–Trinajstić information content (AvgIpc) is 2.48. The third-order valence-electron chi connectivity index (χ3n) is 2.78. The second kappa shape index (κ2) is 6.47. The zero-order valence-electron chi connectivity index (χ0n) is 11.6. The Bertz CT molecular complexity index is 710. The van der Waals surface area contributed by atoms with Crippen LogP contribution in [0.2, 0.25) is 0 Å². The number of carbonyl (C=O) groups is 1. The number of pyridine rings is 2. The highest BCUT2D eigenvalue weighted by molar-refractivity contribution is 6.08. The Balaban J connectivity index is 2.36. The molecule has 2 aromatic rings. The molecule has 0 fully saturated rings. The van der Waals surface area contributed by atoms with Gasteiger partial charge in [0.05, 0.1) is 11.0 Å². The van der Waals surface area contributed by atoms with Crippen molar-refractivity contribution in [2.45, 2.75) is 6.92 Å². The molecule has 2 aromatic heterocycles. The number of amides is 2. The number of aromatic nitrogens is 2. The number of rotatable bonds is 4. The van der Waals surface area contributed by atoms with E-state index in [0.29, 0.717) is 34.5 Å². The smallest absolute Gasteiger partial charge is 0.320 e. The lowest BCUT2D eigenvalue weighted by Gasteiger charge is -2.07. The predicted molar refractivity (Wildman–Crippen MR) is 83.2 cm³/mol. The molecule has 2 amide bonds. The second-order valence-corrected chi connectivity index (χ2v) is 4.21. The molecule has 7 nitrogen and oxygen atoms in total. The van der Waals surface area contributed by atoms with Crippen molar-refractivity contribution in [3.8, 4) is 0 Å². The zero-order valence-corrected chi connectivity index (χ0v) is 11.6. The van der Waals surface area contributed by atoms with Crippen molar-refractivity contribution in [2.24, 2.45) is 5.73 Å². The van der Waals surface area contributed by atoms with Crippen LogP contribution in [0.15, 0.2) is 30.6 Å². The monoisotopic (exact) mass is 284 g/mol. The van der Waals surface area contributed by atoms with Gasteiger partial charge in [-0.1, -0.05) is 0 Å². The number of nitrogens with zero attached hydrogens (tertiary/aromatic N) is 2. The van der Waals surface area contributed by atoms with Crippen molar-refractivity contribution < 1.29 is 4.79 Å². The summed E-state index contributed by atoms with van der Waals surface area (Å²) in [4.78, 5) is 20.1. The summed E-state index contributed by atoms with van der Waals surface area (Å²) >= 11 is 0. The van der Waals surface area contributed by atoms with Crippen LogP contribution in [0.4, 0.5) is 10.6 Å². The molecule has 7 heteroatoms. The minimum absolute atomic E-state index is 0.310. The van der Waals surface area contributed by atoms with Crippen LogP contribution in [0.25, 0.3) is 16.6 Å². The molecule has 0 unspecified atom stereocenters. The number of allylic oxidation sites excluding steroid dienone is 1. The average molecular weight is 284 g/mol. The minimum atomic E-state index is -0.310. The van der Waals surface area contributed by atoms with E-state index in [4.69, 9.17) is 11.1 Å². The molecule has 0 atom stereocenters.